The van der Waals surface area contributed by atoms with Gasteiger partial charge in [0, 0.05) is 49.5 Å². The monoisotopic (exact) mass is 454 g/mol. The van der Waals surface area contributed by atoms with Gasteiger partial charge in [-0.15, -0.1) is 35.3 Å². The summed E-state index contributed by atoms with van der Waals surface area (Å²) in [4.78, 5) is 11.4. The molecule has 7 heteroatoms. The highest BCUT2D eigenvalue weighted by molar-refractivity contribution is 14.0. The number of guanidine groups is 1. The first-order valence-electron chi connectivity index (χ1n) is 7.77. The van der Waals surface area contributed by atoms with Crippen molar-refractivity contribution in [3.05, 3.63) is 16.1 Å². The summed E-state index contributed by atoms with van der Waals surface area (Å²) in [7, 11) is 1.88. The summed E-state index contributed by atoms with van der Waals surface area (Å²) in [5, 5.41) is 7.63. The SMILES string of the molecule is CCc1nc(CCNC(=NC)N2CCSC(CC)C2)cs1.I. The van der Waals surface area contributed by atoms with Gasteiger partial charge in [-0.05, 0) is 12.8 Å². The highest BCUT2D eigenvalue weighted by Gasteiger charge is 2.21. The first-order valence-corrected chi connectivity index (χ1v) is 9.70. The van der Waals surface area contributed by atoms with Crippen LogP contribution in [-0.4, -0.2) is 53.5 Å². The molecule has 1 aromatic heterocycles. The van der Waals surface area contributed by atoms with E-state index in [0.717, 1.165) is 43.7 Å². The molecule has 1 saturated heterocycles. The summed E-state index contributed by atoms with van der Waals surface area (Å²) in [6.45, 7) is 7.53. The molecule has 1 aliphatic rings. The zero-order chi connectivity index (χ0) is 15.1. The van der Waals surface area contributed by atoms with Gasteiger partial charge in [0.1, 0.15) is 0 Å². The van der Waals surface area contributed by atoms with E-state index in [4.69, 9.17) is 0 Å². The van der Waals surface area contributed by atoms with Gasteiger partial charge < -0.3 is 10.2 Å². The molecule has 0 amide bonds. The number of hydrogen-bond donors (Lipinski definition) is 1. The lowest BCUT2D eigenvalue weighted by atomic mass is 10.3. The molecule has 126 valence electrons. The third-order valence-corrected chi connectivity index (χ3v) is 6.09. The summed E-state index contributed by atoms with van der Waals surface area (Å²) in [5.41, 5.74) is 1.19. The average Bonchev–Trinajstić information content (AvgIpc) is 2.99. The van der Waals surface area contributed by atoms with Crippen molar-refractivity contribution in [2.45, 2.75) is 38.4 Å². The summed E-state index contributed by atoms with van der Waals surface area (Å²) in [5.74, 6) is 2.24. The number of aryl methyl sites for hydroxylation is 1. The van der Waals surface area contributed by atoms with E-state index in [9.17, 15) is 0 Å². The van der Waals surface area contributed by atoms with Gasteiger partial charge in [0.15, 0.2) is 5.96 Å². The van der Waals surface area contributed by atoms with Crippen LogP contribution in [0.1, 0.15) is 31.0 Å². The number of nitrogens with zero attached hydrogens (tertiary/aromatic N) is 3. The van der Waals surface area contributed by atoms with E-state index < -0.39 is 0 Å². The van der Waals surface area contributed by atoms with E-state index in [0.29, 0.717) is 0 Å². The molecule has 0 spiro atoms. The first kappa shape index (κ1) is 20.0. The molecule has 0 bridgehead atoms. The maximum Gasteiger partial charge on any atom is 0.193 e. The predicted octanol–water partition coefficient (Wildman–Crippen LogP) is 3.27. The topological polar surface area (TPSA) is 40.5 Å². The maximum absolute atomic E-state index is 4.61. The van der Waals surface area contributed by atoms with Crippen LogP contribution in [-0.2, 0) is 12.8 Å². The number of thioether (sulfide) groups is 1. The average molecular weight is 454 g/mol. The second-order valence-corrected chi connectivity index (χ2v) is 7.51. The van der Waals surface area contributed by atoms with E-state index in [1.165, 1.54) is 22.9 Å². The molecule has 0 saturated carbocycles. The molecule has 0 radical (unpaired) electrons. The Hall–Kier alpha value is -0.0200. The van der Waals surface area contributed by atoms with Crippen molar-refractivity contribution in [1.82, 2.24) is 15.2 Å². The summed E-state index contributed by atoms with van der Waals surface area (Å²) in [6, 6.07) is 0. The third kappa shape index (κ3) is 5.88. The Morgan fingerprint density at radius 2 is 2.32 bits per heavy atom. The van der Waals surface area contributed by atoms with E-state index in [1.807, 2.05) is 7.05 Å². The van der Waals surface area contributed by atoms with Crippen LogP contribution < -0.4 is 5.32 Å². The van der Waals surface area contributed by atoms with Gasteiger partial charge in [0.2, 0.25) is 0 Å². The minimum Gasteiger partial charge on any atom is -0.356 e. The molecule has 0 aromatic carbocycles. The Morgan fingerprint density at radius 1 is 1.50 bits per heavy atom. The molecular formula is C15H27IN4S2. The highest BCUT2D eigenvalue weighted by Crippen LogP contribution is 2.21. The van der Waals surface area contributed by atoms with Crippen molar-refractivity contribution in [2.24, 2.45) is 4.99 Å². The van der Waals surface area contributed by atoms with Gasteiger partial charge in [-0.3, -0.25) is 4.99 Å². The van der Waals surface area contributed by atoms with Crippen molar-refractivity contribution in [3.8, 4) is 0 Å². The van der Waals surface area contributed by atoms with Gasteiger partial charge in [0.05, 0.1) is 10.7 Å². The van der Waals surface area contributed by atoms with E-state index in [1.54, 1.807) is 11.3 Å². The fourth-order valence-corrected chi connectivity index (χ4v) is 4.38. The fraction of sp³-hybridized carbons (Fsp3) is 0.733. The molecule has 0 aliphatic carbocycles. The third-order valence-electron chi connectivity index (χ3n) is 3.67. The molecule has 1 aromatic rings. The normalized spacial score (nSPS) is 19.0. The van der Waals surface area contributed by atoms with Crippen molar-refractivity contribution < 1.29 is 0 Å². The number of thiazole rings is 1. The molecule has 2 rings (SSSR count). The molecule has 2 heterocycles. The van der Waals surface area contributed by atoms with E-state index in [2.05, 4.69) is 51.2 Å². The second-order valence-electron chi connectivity index (χ2n) is 5.16. The van der Waals surface area contributed by atoms with Crippen LogP contribution in [0.3, 0.4) is 0 Å². The van der Waals surface area contributed by atoms with E-state index >= 15 is 0 Å². The number of hydrogen-bond acceptors (Lipinski definition) is 4. The standard InChI is InChI=1S/C15H26N4S2.HI/c1-4-13-10-19(8-9-20-13)15(16-3)17-7-6-12-11-21-14(5-2)18-12;/h11,13H,4-10H2,1-3H3,(H,16,17);1H. The smallest absolute Gasteiger partial charge is 0.193 e. The second kappa shape index (κ2) is 10.7. The summed E-state index contributed by atoms with van der Waals surface area (Å²) < 4.78 is 0. The van der Waals surface area contributed by atoms with Crippen molar-refractivity contribution in [1.29, 1.82) is 0 Å². The first-order chi connectivity index (χ1) is 10.3. The predicted molar refractivity (Wildman–Crippen MR) is 110 cm³/mol. The molecule has 4 nitrogen and oxygen atoms in total. The van der Waals surface area contributed by atoms with Crippen LogP contribution in [0.2, 0.25) is 0 Å². The molecule has 1 atom stereocenters. The molecule has 22 heavy (non-hydrogen) atoms. The zero-order valence-electron chi connectivity index (χ0n) is 13.7. The van der Waals surface area contributed by atoms with Crippen LogP contribution in [0, 0.1) is 0 Å². The van der Waals surface area contributed by atoms with Crippen molar-refractivity contribution in [3.63, 3.8) is 0 Å². The molecule has 1 fully saturated rings. The van der Waals surface area contributed by atoms with Gasteiger partial charge in [-0.2, -0.15) is 11.8 Å². The number of nitrogens with one attached hydrogen (secondary N) is 1. The molecular weight excluding hydrogens is 427 g/mol. The van der Waals surface area contributed by atoms with Crippen LogP contribution in [0.25, 0.3) is 0 Å². The largest absolute Gasteiger partial charge is 0.356 e. The molecule has 1 N–H and O–H groups in total. The van der Waals surface area contributed by atoms with Gasteiger partial charge in [-0.25, -0.2) is 4.98 Å². The Bertz CT molecular complexity index is 464. The zero-order valence-corrected chi connectivity index (χ0v) is 17.6. The Balaban J connectivity index is 0.00000242. The lowest BCUT2D eigenvalue weighted by Gasteiger charge is -2.34. The Labute approximate surface area is 159 Å². The number of aliphatic imine (C=N–C) groups is 1. The van der Waals surface area contributed by atoms with Gasteiger partial charge in [0.25, 0.3) is 0 Å². The van der Waals surface area contributed by atoms with Crippen molar-refractivity contribution in [2.75, 3.05) is 32.4 Å². The maximum atomic E-state index is 4.61. The van der Waals surface area contributed by atoms with Gasteiger partial charge in [-0.1, -0.05) is 13.8 Å². The fourth-order valence-electron chi connectivity index (χ4n) is 2.42. The lowest BCUT2D eigenvalue weighted by molar-refractivity contribution is 0.408. The van der Waals surface area contributed by atoms with Crippen LogP contribution in [0.4, 0.5) is 0 Å². The van der Waals surface area contributed by atoms with Crippen LogP contribution in [0.15, 0.2) is 10.4 Å². The van der Waals surface area contributed by atoms with Crippen LogP contribution >= 0.6 is 47.1 Å². The minimum atomic E-state index is 0. The van der Waals surface area contributed by atoms with Gasteiger partial charge >= 0.3 is 0 Å². The number of aromatic nitrogens is 1. The molecule has 1 aliphatic heterocycles. The summed E-state index contributed by atoms with van der Waals surface area (Å²) in [6.07, 6.45) is 3.23. The Kier molecular flexibility index (Phi) is 9.74. The van der Waals surface area contributed by atoms with Crippen LogP contribution in [0.5, 0.6) is 0 Å². The van der Waals surface area contributed by atoms with Crippen molar-refractivity contribution >= 4 is 53.0 Å². The number of rotatable bonds is 5. The minimum absolute atomic E-state index is 0. The number of halogens is 1. The Morgan fingerprint density at radius 3 is 2.95 bits per heavy atom. The quantitative estimate of drug-likeness (QED) is 0.421. The van der Waals surface area contributed by atoms with E-state index in [-0.39, 0.29) is 24.0 Å². The lowest BCUT2D eigenvalue weighted by Crippen LogP contribution is -2.48. The highest BCUT2D eigenvalue weighted by atomic mass is 127. The summed E-state index contributed by atoms with van der Waals surface area (Å²) >= 11 is 3.85. The molecule has 1 unspecified atom stereocenters.